The Labute approximate surface area is 107 Å². The molecule has 0 aliphatic carbocycles. The Kier molecular flexibility index (Phi) is 3.92. The highest BCUT2D eigenvalue weighted by Gasteiger charge is 2.19. The van der Waals surface area contributed by atoms with E-state index < -0.39 is 5.82 Å². The Morgan fingerprint density at radius 3 is 2.83 bits per heavy atom. The predicted octanol–water partition coefficient (Wildman–Crippen LogP) is 3.14. The topological polar surface area (TPSA) is 20.3 Å². The monoisotopic (exact) mass is 247 g/mol. The van der Waals surface area contributed by atoms with E-state index in [4.69, 9.17) is 0 Å². The summed E-state index contributed by atoms with van der Waals surface area (Å²) >= 11 is 0. The van der Waals surface area contributed by atoms with Crippen molar-refractivity contribution >= 4 is 11.9 Å². The Morgan fingerprint density at radius 1 is 1.39 bits per heavy atom. The van der Waals surface area contributed by atoms with Gasteiger partial charge >= 0.3 is 0 Å². The molecule has 0 aromatic heterocycles. The normalized spacial score (nSPS) is 16.8. The molecule has 1 aliphatic rings. The molecule has 96 valence electrons. The fourth-order valence-electron chi connectivity index (χ4n) is 2.34. The van der Waals surface area contributed by atoms with E-state index in [1.54, 1.807) is 6.07 Å². The van der Waals surface area contributed by atoms with Crippen molar-refractivity contribution in [1.82, 2.24) is 4.90 Å². The second-order valence-electron chi connectivity index (χ2n) is 4.90. The molecular formula is C15H18FNO. The van der Waals surface area contributed by atoms with Gasteiger partial charge in [-0.3, -0.25) is 9.69 Å². The fraction of sp³-hybridized carbons (Fsp3) is 0.400. The van der Waals surface area contributed by atoms with Crippen molar-refractivity contribution in [2.75, 3.05) is 13.1 Å². The molecule has 0 saturated heterocycles. The number of halogens is 1. The van der Waals surface area contributed by atoms with Crippen LogP contribution in [-0.2, 0) is 0 Å². The summed E-state index contributed by atoms with van der Waals surface area (Å²) in [6.45, 7) is 6.10. The van der Waals surface area contributed by atoms with Gasteiger partial charge < -0.3 is 0 Å². The molecule has 0 radical (unpaired) electrons. The van der Waals surface area contributed by atoms with Crippen LogP contribution in [-0.4, -0.2) is 30.3 Å². The van der Waals surface area contributed by atoms with Crippen LogP contribution in [0.25, 0.3) is 5.57 Å². The van der Waals surface area contributed by atoms with E-state index in [0.717, 1.165) is 30.6 Å². The molecule has 2 nitrogen and oxygen atoms in total. The van der Waals surface area contributed by atoms with Crippen LogP contribution in [0.3, 0.4) is 0 Å². The van der Waals surface area contributed by atoms with E-state index in [-0.39, 0.29) is 5.56 Å². The van der Waals surface area contributed by atoms with Crippen LogP contribution in [0.1, 0.15) is 36.2 Å². The fourth-order valence-corrected chi connectivity index (χ4v) is 2.34. The van der Waals surface area contributed by atoms with Gasteiger partial charge in [-0.2, -0.15) is 0 Å². The molecule has 0 saturated carbocycles. The Hall–Kier alpha value is -1.48. The maximum Gasteiger partial charge on any atom is 0.153 e. The van der Waals surface area contributed by atoms with Crippen LogP contribution in [0.15, 0.2) is 24.3 Å². The second kappa shape index (κ2) is 5.44. The third-order valence-electron chi connectivity index (χ3n) is 3.43. The lowest BCUT2D eigenvalue weighted by Crippen LogP contribution is -2.35. The largest absolute Gasteiger partial charge is 0.298 e. The van der Waals surface area contributed by atoms with Crippen LogP contribution in [0.5, 0.6) is 0 Å². The maximum atomic E-state index is 13.6. The van der Waals surface area contributed by atoms with Crippen LogP contribution in [0.4, 0.5) is 4.39 Å². The highest BCUT2D eigenvalue weighted by atomic mass is 19.1. The summed E-state index contributed by atoms with van der Waals surface area (Å²) in [7, 11) is 0. The van der Waals surface area contributed by atoms with E-state index in [1.165, 1.54) is 6.07 Å². The van der Waals surface area contributed by atoms with Gasteiger partial charge in [-0.1, -0.05) is 18.2 Å². The number of rotatable bonds is 3. The van der Waals surface area contributed by atoms with Crippen molar-refractivity contribution in [2.45, 2.75) is 26.3 Å². The summed E-state index contributed by atoms with van der Waals surface area (Å²) in [4.78, 5) is 13.4. The zero-order valence-electron chi connectivity index (χ0n) is 10.8. The number of hydrogen-bond acceptors (Lipinski definition) is 2. The van der Waals surface area contributed by atoms with Crippen molar-refractivity contribution in [3.05, 3.63) is 41.2 Å². The predicted molar refractivity (Wildman–Crippen MR) is 71.1 cm³/mol. The molecule has 0 atom stereocenters. The molecule has 1 aromatic carbocycles. The molecule has 1 aliphatic heterocycles. The molecule has 0 spiro atoms. The first-order chi connectivity index (χ1) is 8.63. The first-order valence-electron chi connectivity index (χ1n) is 6.30. The number of aldehydes is 1. The van der Waals surface area contributed by atoms with Gasteiger partial charge in [0.2, 0.25) is 0 Å². The SMILES string of the molecule is CC(C)N1CCC=C(c2cccc(F)c2C=O)C1. The summed E-state index contributed by atoms with van der Waals surface area (Å²) < 4.78 is 13.6. The standard InChI is InChI=1S/C15H18FNO/c1-11(2)17-8-4-5-12(9-17)13-6-3-7-15(16)14(13)10-18/h3,5-7,10-11H,4,8-9H2,1-2H3. The van der Waals surface area contributed by atoms with Crippen molar-refractivity contribution in [3.63, 3.8) is 0 Å². The Bertz CT molecular complexity index is 479. The van der Waals surface area contributed by atoms with Crippen LogP contribution < -0.4 is 0 Å². The molecule has 1 heterocycles. The molecule has 0 amide bonds. The maximum absolute atomic E-state index is 13.6. The third kappa shape index (κ3) is 2.51. The van der Waals surface area contributed by atoms with Crippen LogP contribution in [0.2, 0.25) is 0 Å². The summed E-state index contributed by atoms with van der Waals surface area (Å²) in [5.74, 6) is -0.440. The van der Waals surface area contributed by atoms with E-state index in [0.29, 0.717) is 12.3 Å². The lowest BCUT2D eigenvalue weighted by Gasteiger charge is -2.31. The smallest absolute Gasteiger partial charge is 0.153 e. The van der Waals surface area contributed by atoms with Crippen molar-refractivity contribution in [1.29, 1.82) is 0 Å². The van der Waals surface area contributed by atoms with E-state index in [9.17, 15) is 9.18 Å². The molecule has 2 rings (SSSR count). The van der Waals surface area contributed by atoms with Gasteiger partial charge in [0.15, 0.2) is 6.29 Å². The summed E-state index contributed by atoms with van der Waals surface area (Å²) in [6.07, 6.45) is 3.67. The second-order valence-corrected chi connectivity index (χ2v) is 4.90. The van der Waals surface area contributed by atoms with Gasteiger partial charge in [-0.25, -0.2) is 4.39 Å². The van der Waals surface area contributed by atoms with Gasteiger partial charge in [0, 0.05) is 19.1 Å². The highest BCUT2D eigenvalue weighted by molar-refractivity contribution is 5.86. The zero-order chi connectivity index (χ0) is 13.1. The van der Waals surface area contributed by atoms with Crippen molar-refractivity contribution < 1.29 is 9.18 Å². The summed E-state index contributed by atoms with van der Waals surface area (Å²) in [5.41, 5.74) is 1.96. The number of carbonyl (C=O) groups excluding carboxylic acids is 1. The van der Waals surface area contributed by atoms with E-state index in [1.807, 2.05) is 6.07 Å². The summed E-state index contributed by atoms with van der Waals surface area (Å²) in [5, 5.41) is 0. The lowest BCUT2D eigenvalue weighted by molar-refractivity contribution is 0.111. The average Bonchev–Trinajstić information content (AvgIpc) is 2.38. The van der Waals surface area contributed by atoms with Crippen LogP contribution >= 0.6 is 0 Å². The molecule has 0 unspecified atom stereocenters. The van der Waals surface area contributed by atoms with Gasteiger partial charge in [0.25, 0.3) is 0 Å². The first kappa shape index (κ1) is 13.0. The van der Waals surface area contributed by atoms with Crippen molar-refractivity contribution in [2.24, 2.45) is 0 Å². The third-order valence-corrected chi connectivity index (χ3v) is 3.43. The van der Waals surface area contributed by atoms with E-state index in [2.05, 4.69) is 24.8 Å². The minimum Gasteiger partial charge on any atom is -0.298 e. The molecule has 18 heavy (non-hydrogen) atoms. The molecule has 0 bridgehead atoms. The molecular weight excluding hydrogens is 229 g/mol. The lowest BCUT2D eigenvalue weighted by atomic mass is 9.96. The van der Waals surface area contributed by atoms with Gasteiger partial charge in [-0.05, 0) is 37.5 Å². The van der Waals surface area contributed by atoms with Crippen molar-refractivity contribution in [3.8, 4) is 0 Å². The number of carbonyl (C=O) groups is 1. The summed E-state index contributed by atoms with van der Waals surface area (Å²) in [6, 6.07) is 5.27. The zero-order valence-corrected chi connectivity index (χ0v) is 10.8. The minimum absolute atomic E-state index is 0.175. The minimum atomic E-state index is -0.440. The quantitative estimate of drug-likeness (QED) is 0.765. The molecule has 0 N–H and O–H groups in total. The number of hydrogen-bond donors (Lipinski definition) is 0. The molecule has 1 aromatic rings. The number of nitrogens with zero attached hydrogens (tertiary/aromatic N) is 1. The Morgan fingerprint density at radius 2 is 2.17 bits per heavy atom. The van der Waals surface area contributed by atoms with Crippen LogP contribution in [0, 0.1) is 5.82 Å². The number of benzene rings is 1. The average molecular weight is 247 g/mol. The highest BCUT2D eigenvalue weighted by Crippen LogP contribution is 2.25. The molecule has 3 heteroatoms. The van der Waals surface area contributed by atoms with Gasteiger partial charge in [0.1, 0.15) is 5.82 Å². The first-order valence-corrected chi connectivity index (χ1v) is 6.30. The Balaban J connectivity index is 2.35. The van der Waals surface area contributed by atoms with Gasteiger partial charge in [-0.15, -0.1) is 0 Å². The van der Waals surface area contributed by atoms with E-state index >= 15 is 0 Å². The van der Waals surface area contributed by atoms with Gasteiger partial charge in [0.05, 0.1) is 5.56 Å². The molecule has 0 fully saturated rings.